The van der Waals surface area contributed by atoms with Crippen LogP contribution in [0.15, 0.2) is 48.5 Å². The van der Waals surface area contributed by atoms with Crippen molar-refractivity contribution in [2.75, 3.05) is 6.61 Å². The summed E-state index contributed by atoms with van der Waals surface area (Å²) in [5.74, 6) is -0.349. The summed E-state index contributed by atoms with van der Waals surface area (Å²) in [4.78, 5) is 12.4. The average Bonchev–Trinajstić information content (AvgIpc) is 2.74. The predicted molar refractivity (Wildman–Crippen MR) is 104 cm³/mol. The third kappa shape index (κ3) is 4.95. The van der Waals surface area contributed by atoms with Gasteiger partial charge in [-0.3, -0.25) is 4.79 Å². The Labute approximate surface area is 164 Å². The predicted octanol–water partition coefficient (Wildman–Crippen LogP) is 2.49. The summed E-state index contributed by atoms with van der Waals surface area (Å²) in [5, 5.41) is 21.1. The van der Waals surface area contributed by atoms with E-state index in [1.54, 1.807) is 12.1 Å². The zero-order valence-electron chi connectivity index (χ0n) is 15.5. The number of carbonyl (C=O) groups excluding carboxylic acids is 1. The number of rotatable bonds is 5. The largest absolute Gasteiger partial charge is 0.364 e. The maximum absolute atomic E-state index is 12.4. The summed E-state index contributed by atoms with van der Waals surface area (Å²) in [5.41, 5.74) is 9.38. The Balaban J connectivity index is 1.60. The maximum atomic E-state index is 12.4. The van der Waals surface area contributed by atoms with Crippen LogP contribution in [-0.4, -0.2) is 24.8 Å². The Hall–Kier alpha value is -3.19. The molecule has 1 amide bonds. The molecule has 2 aromatic carbocycles. The standard InChI is InChI=1S/C22H22N4O2/c23-13-16-3-7-18(8-4-16)17-5-1-15(2-6-17)11-20(14-24)26-22(27)19-9-10-28-21(25)12-19/h1-8,19-21H,9-12,25H2,(H,26,27)/t19?,20?,21-/m0/s1/i13+2. The molecule has 1 saturated heterocycles. The Bertz CT molecular complexity index is 894. The molecule has 28 heavy (non-hydrogen) atoms. The van der Waals surface area contributed by atoms with Crippen molar-refractivity contribution in [3.63, 3.8) is 0 Å². The van der Waals surface area contributed by atoms with Crippen molar-refractivity contribution in [1.29, 1.82) is 10.5 Å². The number of carbonyl (C=O) groups is 1. The van der Waals surface area contributed by atoms with E-state index in [1.807, 2.05) is 36.4 Å². The molecule has 1 fully saturated rings. The number of nitriles is 2. The van der Waals surface area contributed by atoms with Gasteiger partial charge in [0.05, 0.1) is 17.7 Å². The molecule has 6 heteroatoms. The molecule has 1 aliphatic rings. The highest BCUT2D eigenvalue weighted by Gasteiger charge is 2.27. The molecule has 1 heterocycles. The number of nitrogens with two attached hydrogens (primary N) is 1. The highest BCUT2D eigenvalue weighted by Crippen LogP contribution is 2.21. The summed E-state index contributed by atoms with van der Waals surface area (Å²) in [6.07, 6.45) is 1.12. The van der Waals surface area contributed by atoms with Crippen LogP contribution in [0.2, 0.25) is 0 Å². The van der Waals surface area contributed by atoms with E-state index in [0.717, 1.165) is 16.7 Å². The molecule has 3 N–H and O–H groups in total. The van der Waals surface area contributed by atoms with Crippen LogP contribution in [0.25, 0.3) is 11.1 Å². The lowest BCUT2D eigenvalue weighted by Crippen LogP contribution is -2.44. The molecule has 0 radical (unpaired) electrons. The number of nitrogens with zero attached hydrogens (tertiary/aromatic N) is 2. The van der Waals surface area contributed by atoms with Crippen LogP contribution in [0.3, 0.4) is 0 Å². The third-order valence-corrected chi connectivity index (χ3v) is 4.90. The number of amides is 1. The van der Waals surface area contributed by atoms with Crippen LogP contribution >= 0.6 is 0 Å². The first-order valence-electron chi connectivity index (χ1n) is 9.25. The van der Waals surface area contributed by atoms with Gasteiger partial charge in [-0.25, -0.2) is 0 Å². The minimum Gasteiger partial charge on any atom is -0.364 e. The van der Waals surface area contributed by atoms with Gasteiger partial charge in [0.25, 0.3) is 0 Å². The van der Waals surface area contributed by atoms with Crippen LogP contribution in [0.5, 0.6) is 0 Å². The first-order valence-corrected chi connectivity index (χ1v) is 9.25. The molecule has 0 saturated carbocycles. The second-order valence-electron chi connectivity index (χ2n) is 6.91. The van der Waals surface area contributed by atoms with Gasteiger partial charge in [0.2, 0.25) is 5.91 Å². The molecule has 2 aromatic rings. The molecular weight excluding hydrogens is 354 g/mol. The minimum atomic E-state index is -0.590. The van der Waals surface area contributed by atoms with E-state index in [2.05, 4.69) is 17.5 Å². The van der Waals surface area contributed by atoms with Crippen LogP contribution < -0.4 is 11.1 Å². The van der Waals surface area contributed by atoms with E-state index in [-0.39, 0.29) is 11.8 Å². The molecule has 2 unspecified atom stereocenters. The molecule has 142 valence electrons. The number of ether oxygens (including phenoxy) is 1. The molecule has 3 rings (SSSR count). The van der Waals surface area contributed by atoms with Gasteiger partial charge >= 0.3 is 0 Å². The van der Waals surface area contributed by atoms with Gasteiger partial charge in [-0.15, -0.1) is 0 Å². The maximum Gasteiger partial charge on any atom is 0.224 e. The average molecular weight is 376 g/mol. The van der Waals surface area contributed by atoms with E-state index >= 15 is 0 Å². The van der Waals surface area contributed by atoms with Crippen molar-refractivity contribution in [1.82, 2.24) is 5.32 Å². The van der Waals surface area contributed by atoms with E-state index in [9.17, 15) is 10.1 Å². The van der Waals surface area contributed by atoms with E-state index in [4.69, 9.17) is 15.7 Å². The zero-order valence-corrected chi connectivity index (χ0v) is 15.5. The normalized spacial score (nSPS) is 19.8. The Morgan fingerprint density at radius 2 is 1.86 bits per heavy atom. The van der Waals surface area contributed by atoms with E-state index in [0.29, 0.717) is 31.4 Å². The van der Waals surface area contributed by atoms with Crippen molar-refractivity contribution in [2.45, 2.75) is 31.5 Å². The van der Waals surface area contributed by atoms with Crippen LogP contribution in [0.1, 0.15) is 24.0 Å². The summed E-state index contributed by atoms with van der Waals surface area (Å²) in [6, 6.07) is 18.9. The van der Waals surface area contributed by atoms with E-state index < -0.39 is 12.3 Å². The minimum absolute atomic E-state index is 0.139. The number of hydrogen-bond donors (Lipinski definition) is 2. The van der Waals surface area contributed by atoms with E-state index in [1.165, 1.54) is 0 Å². The molecule has 0 bridgehead atoms. The second kappa shape index (κ2) is 9.14. The molecule has 0 spiro atoms. The SMILES string of the molecule is N#CC(Cc1ccc(-c2ccc([14C]#N)cc2)cc1)NC(=O)C1CCO[C@H](N)C1. The first-order chi connectivity index (χ1) is 13.6. The first kappa shape index (κ1) is 19.6. The van der Waals surface area contributed by atoms with Gasteiger partial charge in [-0.05, 0) is 41.7 Å². The fourth-order valence-electron chi connectivity index (χ4n) is 3.29. The van der Waals surface area contributed by atoms with Crippen LogP contribution in [0.4, 0.5) is 0 Å². The lowest BCUT2D eigenvalue weighted by atomic mass is 9.96. The molecule has 0 aliphatic carbocycles. The lowest BCUT2D eigenvalue weighted by Gasteiger charge is -2.26. The fraction of sp³-hybridized carbons (Fsp3) is 0.318. The number of benzene rings is 2. The van der Waals surface area contributed by atoms with Crippen molar-refractivity contribution in [2.24, 2.45) is 11.7 Å². The molecule has 6 nitrogen and oxygen atoms in total. The summed E-state index contributed by atoms with van der Waals surface area (Å²) < 4.78 is 5.26. The van der Waals surface area contributed by atoms with Gasteiger partial charge in [0.1, 0.15) is 12.3 Å². The molecular formula is C22H22N4O2. The van der Waals surface area contributed by atoms with Gasteiger partial charge in [-0.2, -0.15) is 10.5 Å². The highest BCUT2D eigenvalue weighted by molar-refractivity contribution is 5.79. The smallest absolute Gasteiger partial charge is 0.224 e. The number of hydrogen-bond acceptors (Lipinski definition) is 5. The van der Waals surface area contributed by atoms with Gasteiger partial charge < -0.3 is 15.8 Å². The van der Waals surface area contributed by atoms with Crippen molar-refractivity contribution >= 4 is 5.91 Å². The van der Waals surface area contributed by atoms with Gasteiger partial charge in [-0.1, -0.05) is 36.4 Å². The Morgan fingerprint density at radius 3 is 2.43 bits per heavy atom. The Morgan fingerprint density at radius 1 is 1.21 bits per heavy atom. The molecule has 3 atom stereocenters. The second-order valence-corrected chi connectivity index (χ2v) is 6.91. The fourth-order valence-corrected chi connectivity index (χ4v) is 3.29. The quantitative estimate of drug-likeness (QED) is 0.832. The summed E-state index contributed by atoms with van der Waals surface area (Å²) >= 11 is 0. The summed E-state index contributed by atoms with van der Waals surface area (Å²) in [7, 11) is 0. The Kier molecular flexibility index (Phi) is 6.39. The summed E-state index contributed by atoms with van der Waals surface area (Å²) in [6.45, 7) is 0.466. The van der Waals surface area contributed by atoms with Crippen LogP contribution in [-0.2, 0) is 16.0 Å². The van der Waals surface area contributed by atoms with Crippen molar-refractivity contribution in [3.8, 4) is 23.3 Å². The van der Waals surface area contributed by atoms with Crippen LogP contribution in [0, 0.1) is 28.6 Å². The highest BCUT2D eigenvalue weighted by atomic mass is 16.5. The van der Waals surface area contributed by atoms with Gasteiger partial charge in [0, 0.05) is 18.9 Å². The monoisotopic (exact) mass is 376 g/mol. The lowest BCUT2D eigenvalue weighted by molar-refractivity contribution is -0.130. The zero-order chi connectivity index (χ0) is 19.9. The molecule has 1 aliphatic heterocycles. The van der Waals surface area contributed by atoms with Crippen molar-refractivity contribution < 1.29 is 9.53 Å². The third-order valence-electron chi connectivity index (χ3n) is 4.90. The topological polar surface area (TPSA) is 112 Å². The van der Waals surface area contributed by atoms with Gasteiger partial charge in [0.15, 0.2) is 0 Å². The number of nitrogens with one attached hydrogen (secondary N) is 1. The molecule has 0 aromatic heterocycles. The van der Waals surface area contributed by atoms with Crippen molar-refractivity contribution in [3.05, 3.63) is 59.7 Å².